The van der Waals surface area contributed by atoms with Gasteiger partial charge in [-0.3, -0.25) is 0 Å². The van der Waals surface area contributed by atoms with Gasteiger partial charge in [0, 0.05) is 0 Å². The summed E-state index contributed by atoms with van der Waals surface area (Å²) in [5.41, 5.74) is 19.9. The van der Waals surface area contributed by atoms with Gasteiger partial charge in [0.25, 0.3) is 0 Å². The molecule has 0 aromatic heterocycles. The highest BCUT2D eigenvalue weighted by molar-refractivity contribution is 6.29. The lowest BCUT2D eigenvalue weighted by atomic mass is 9.82. The van der Waals surface area contributed by atoms with Crippen molar-refractivity contribution in [1.29, 1.82) is 0 Å². The van der Waals surface area contributed by atoms with Gasteiger partial charge in [-0.25, -0.2) is 0 Å². The Morgan fingerprint density at radius 1 is 0.288 bits per heavy atom. The van der Waals surface area contributed by atoms with Crippen molar-refractivity contribution in [3.05, 3.63) is 169 Å². The minimum atomic E-state index is 0.0949. The van der Waals surface area contributed by atoms with Crippen molar-refractivity contribution in [1.82, 2.24) is 0 Å². The minimum Gasteiger partial charge on any atom is -0.0622 e. The Balaban J connectivity index is 1.21. The lowest BCUT2D eigenvalue weighted by molar-refractivity contribution is 0.590. The Morgan fingerprint density at radius 3 is 1.29 bits per heavy atom. The third-order valence-electron chi connectivity index (χ3n) is 11.7. The van der Waals surface area contributed by atoms with Gasteiger partial charge in [-0.2, -0.15) is 0 Å². The zero-order valence-electron chi connectivity index (χ0n) is 29.6. The van der Waals surface area contributed by atoms with Gasteiger partial charge in [0.2, 0.25) is 0 Å². The zero-order valence-corrected chi connectivity index (χ0v) is 29.6. The highest BCUT2D eigenvalue weighted by atomic mass is 14.3. The standard InChI is InChI=1S/C52H36/c1-52(2,3)33-24-25-36-42-28-26-34(37-20-12-22-41(48(37)42)45(36)30-33)35-27-29-44-49-38(35)21-13-23-43(49)50-46(31-14-6-4-7-15-31)39-18-10-11-19-40(39)47(51(44)50)32-16-8-5-9-17-32/h4-30H,1-3H3. The quantitative estimate of drug-likeness (QED) is 0.177. The first-order valence-corrected chi connectivity index (χ1v) is 18.4. The van der Waals surface area contributed by atoms with Crippen molar-refractivity contribution >= 4 is 32.3 Å². The largest absolute Gasteiger partial charge is 0.0622 e. The van der Waals surface area contributed by atoms with Gasteiger partial charge in [-0.1, -0.05) is 178 Å². The summed E-state index contributed by atoms with van der Waals surface area (Å²) in [6.45, 7) is 6.91. The van der Waals surface area contributed by atoms with E-state index >= 15 is 0 Å². The molecule has 0 spiro atoms. The summed E-state index contributed by atoms with van der Waals surface area (Å²) in [5, 5.41) is 7.92. The molecule has 2 aliphatic rings. The lowest BCUT2D eigenvalue weighted by Crippen LogP contribution is -2.10. The van der Waals surface area contributed by atoms with E-state index in [1.54, 1.807) is 0 Å². The first-order chi connectivity index (χ1) is 25.5. The van der Waals surface area contributed by atoms with Crippen LogP contribution in [0.2, 0.25) is 0 Å². The third kappa shape index (κ3) is 3.98. The second kappa shape index (κ2) is 10.6. The number of hydrogen-bond donors (Lipinski definition) is 0. The molecule has 0 saturated carbocycles. The van der Waals surface area contributed by atoms with E-state index in [0.29, 0.717) is 0 Å². The van der Waals surface area contributed by atoms with E-state index in [9.17, 15) is 0 Å². The molecular formula is C52H36. The molecular weight excluding hydrogens is 625 g/mol. The van der Waals surface area contributed by atoms with E-state index in [2.05, 4.69) is 185 Å². The van der Waals surface area contributed by atoms with Crippen molar-refractivity contribution in [3.63, 3.8) is 0 Å². The molecule has 9 aromatic rings. The Hall–Kier alpha value is -6.24. The number of hydrogen-bond acceptors (Lipinski definition) is 0. The van der Waals surface area contributed by atoms with Crippen LogP contribution in [0.15, 0.2) is 164 Å². The highest BCUT2D eigenvalue weighted by Gasteiger charge is 2.32. The molecule has 11 rings (SSSR count). The van der Waals surface area contributed by atoms with Crippen molar-refractivity contribution in [2.24, 2.45) is 0 Å². The molecule has 0 heterocycles. The summed E-state index contributed by atoms with van der Waals surface area (Å²) in [4.78, 5) is 0. The summed E-state index contributed by atoms with van der Waals surface area (Å²) < 4.78 is 0. The van der Waals surface area contributed by atoms with E-state index in [1.165, 1.54) is 116 Å². The first-order valence-electron chi connectivity index (χ1n) is 18.4. The molecule has 0 nitrogen and oxygen atoms in total. The summed E-state index contributed by atoms with van der Waals surface area (Å²) in [5.74, 6) is 0. The summed E-state index contributed by atoms with van der Waals surface area (Å²) in [7, 11) is 0. The molecule has 0 atom stereocenters. The fourth-order valence-corrected chi connectivity index (χ4v) is 9.40. The molecule has 0 unspecified atom stereocenters. The maximum atomic E-state index is 2.43. The summed E-state index contributed by atoms with van der Waals surface area (Å²) in [6, 6.07) is 61.5. The van der Waals surface area contributed by atoms with Gasteiger partial charge in [-0.15, -0.1) is 0 Å². The van der Waals surface area contributed by atoms with Gasteiger partial charge < -0.3 is 0 Å². The fraction of sp³-hybridized carbons (Fsp3) is 0.0769. The van der Waals surface area contributed by atoms with E-state index in [0.717, 1.165) is 0 Å². The molecule has 0 saturated heterocycles. The van der Waals surface area contributed by atoms with Gasteiger partial charge in [-0.05, 0) is 127 Å². The van der Waals surface area contributed by atoms with Gasteiger partial charge in [0.15, 0.2) is 0 Å². The van der Waals surface area contributed by atoms with Crippen molar-refractivity contribution in [2.75, 3.05) is 0 Å². The lowest BCUT2D eigenvalue weighted by Gasteiger charge is -2.20. The second-order valence-electron chi connectivity index (χ2n) is 15.6. The number of fused-ring (bicyclic) bond motifs is 7. The molecule has 0 amide bonds. The number of benzene rings is 9. The maximum Gasteiger partial charge on any atom is -0.000741 e. The van der Waals surface area contributed by atoms with Crippen molar-refractivity contribution in [3.8, 4) is 77.9 Å². The third-order valence-corrected chi connectivity index (χ3v) is 11.7. The molecule has 2 aliphatic carbocycles. The maximum absolute atomic E-state index is 2.43. The van der Waals surface area contributed by atoms with Gasteiger partial charge in [0.1, 0.15) is 0 Å². The highest BCUT2D eigenvalue weighted by Crippen LogP contribution is 2.59. The molecule has 52 heavy (non-hydrogen) atoms. The summed E-state index contributed by atoms with van der Waals surface area (Å²) in [6.07, 6.45) is 0. The molecule has 0 fully saturated rings. The van der Waals surface area contributed by atoms with Crippen LogP contribution in [0.4, 0.5) is 0 Å². The minimum absolute atomic E-state index is 0.0949. The monoisotopic (exact) mass is 660 g/mol. The second-order valence-corrected chi connectivity index (χ2v) is 15.6. The van der Waals surface area contributed by atoms with Crippen LogP contribution >= 0.6 is 0 Å². The Labute approximate surface area is 304 Å². The predicted molar refractivity (Wildman–Crippen MR) is 223 cm³/mol. The molecule has 0 bridgehead atoms. The van der Waals surface area contributed by atoms with Crippen molar-refractivity contribution < 1.29 is 0 Å². The molecule has 0 aliphatic heterocycles. The molecule has 0 N–H and O–H groups in total. The van der Waals surface area contributed by atoms with Crippen LogP contribution in [0.1, 0.15) is 26.3 Å². The van der Waals surface area contributed by atoms with E-state index in [4.69, 9.17) is 0 Å². The van der Waals surface area contributed by atoms with Gasteiger partial charge in [0.05, 0.1) is 0 Å². The van der Waals surface area contributed by atoms with Crippen LogP contribution in [0.5, 0.6) is 0 Å². The fourth-order valence-electron chi connectivity index (χ4n) is 9.40. The Morgan fingerprint density at radius 2 is 0.712 bits per heavy atom. The predicted octanol–water partition coefficient (Wildman–Crippen LogP) is 14.7. The topological polar surface area (TPSA) is 0 Å². The normalized spacial score (nSPS) is 12.5. The van der Waals surface area contributed by atoms with E-state index in [-0.39, 0.29) is 5.41 Å². The Kier molecular flexibility index (Phi) is 6.03. The SMILES string of the molecule is CC(C)(C)c1ccc2c(c1)-c1cccc3c(-c4ccc5c6c(cccc46)-c4c-5c(-c5ccccc5)c5ccccc5c4-c4ccccc4)ccc-2c13. The molecule has 244 valence electrons. The van der Waals surface area contributed by atoms with Crippen LogP contribution in [0.25, 0.3) is 110 Å². The Bertz CT molecular complexity index is 2860. The average molecular weight is 661 g/mol. The zero-order chi connectivity index (χ0) is 34.7. The first kappa shape index (κ1) is 29.5. The average Bonchev–Trinajstić information content (AvgIpc) is 3.69. The van der Waals surface area contributed by atoms with Crippen LogP contribution in [0, 0.1) is 0 Å². The van der Waals surface area contributed by atoms with E-state index in [1.807, 2.05) is 0 Å². The summed E-state index contributed by atoms with van der Waals surface area (Å²) >= 11 is 0. The van der Waals surface area contributed by atoms with Crippen LogP contribution in [0.3, 0.4) is 0 Å². The van der Waals surface area contributed by atoms with Crippen LogP contribution in [-0.4, -0.2) is 0 Å². The van der Waals surface area contributed by atoms with E-state index < -0.39 is 0 Å². The number of rotatable bonds is 3. The van der Waals surface area contributed by atoms with Crippen LogP contribution < -0.4 is 0 Å². The van der Waals surface area contributed by atoms with Crippen molar-refractivity contribution in [2.45, 2.75) is 26.2 Å². The molecule has 9 aromatic carbocycles. The molecule has 0 radical (unpaired) electrons. The molecule has 0 heteroatoms. The smallest absolute Gasteiger partial charge is 0.000741 e. The van der Waals surface area contributed by atoms with Gasteiger partial charge >= 0.3 is 0 Å². The van der Waals surface area contributed by atoms with Crippen LogP contribution in [-0.2, 0) is 5.41 Å².